The Morgan fingerprint density at radius 1 is 1.24 bits per heavy atom. The lowest BCUT2D eigenvalue weighted by atomic mass is 9.93. The van der Waals surface area contributed by atoms with E-state index < -0.39 is 35.1 Å². The van der Waals surface area contributed by atoms with Gasteiger partial charge in [0, 0.05) is 43.6 Å². The minimum atomic E-state index is -1.16. The summed E-state index contributed by atoms with van der Waals surface area (Å²) in [5.74, 6) is -3.01. The van der Waals surface area contributed by atoms with Gasteiger partial charge in [0.15, 0.2) is 11.6 Å². The number of β-amino-alcohol motifs (C(OH)–C–C–N with tert-alkyl or cyclic N) is 1. The molecular formula is C23H20F3N5O3. The van der Waals surface area contributed by atoms with Crippen LogP contribution in [0.4, 0.5) is 23.7 Å². The van der Waals surface area contributed by atoms with Crippen molar-refractivity contribution in [3.63, 3.8) is 0 Å². The van der Waals surface area contributed by atoms with Gasteiger partial charge in [-0.15, -0.1) is 0 Å². The number of hydrogen-bond donors (Lipinski definition) is 3. The number of carbonyl (C=O) groups is 1. The smallest absolute Gasteiger partial charge is 0.322 e. The fourth-order valence-electron chi connectivity index (χ4n) is 4.19. The summed E-state index contributed by atoms with van der Waals surface area (Å²) in [5, 5.41) is 21.1. The molecule has 2 heterocycles. The molecule has 0 aliphatic carbocycles. The molecule has 0 saturated heterocycles. The average Bonchev–Trinajstić information content (AvgIpc) is 2.80. The van der Waals surface area contributed by atoms with Crippen molar-refractivity contribution in [2.75, 3.05) is 32.1 Å². The number of amides is 2. The van der Waals surface area contributed by atoms with Crippen molar-refractivity contribution in [1.82, 2.24) is 14.8 Å². The monoisotopic (exact) mass is 471 g/mol. The number of halogens is 3. The van der Waals surface area contributed by atoms with Crippen molar-refractivity contribution in [3.05, 3.63) is 75.0 Å². The summed E-state index contributed by atoms with van der Waals surface area (Å²) in [6.07, 6.45) is 0. The molecule has 2 amide bonds. The first-order valence-corrected chi connectivity index (χ1v) is 10.3. The van der Waals surface area contributed by atoms with E-state index in [9.17, 15) is 27.9 Å². The van der Waals surface area contributed by atoms with Crippen LogP contribution in [-0.4, -0.2) is 52.7 Å². The van der Waals surface area contributed by atoms with Gasteiger partial charge in [-0.05, 0) is 35.7 Å². The first-order chi connectivity index (χ1) is 16.2. The molecule has 11 heteroatoms. The lowest BCUT2D eigenvalue weighted by molar-refractivity contribution is 0.129. The van der Waals surface area contributed by atoms with Gasteiger partial charge < -0.3 is 20.3 Å². The third kappa shape index (κ3) is 4.21. The Morgan fingerprint density at radius 3 is 2.62 bits per heavy atom. The van der Waals surface area contributed by atoms with E-state index in [1.54, 1.807) is 6.07 Å². The molecule has 1 atom stereocenters. The van der Waals surface area contributed by atoms with E-state index in [4.69, 9.17) is 5.26 Å². The Hall–Kier alpha value is -3.88. The summed E-state index contributed by atoms with van der Waals surface area (Å²) >= 11 is 0. The fraction of sp³-hybridized carbons (Fsp3) is 0.261. The molecule has 34 heavy (non-hydrogen) atoms. The molecular weight excluding hydrogens is 451 g/mol. The highest BCUT2D eigenvalue weighted by molar-refractivity contribution is 5.91. The number of carbonyl (C=O) groups excluding carboxylic acids is 1. The highest BCUT2D eigenvalue weighted by Crippen LogP contribution is 2.35. The molecule has 8 nitrogen and oxygen atoms in total. The maximum atomic E-state index is 14.1. The summed E-state index contributed by atoms with van der Waals surface area (Å²) < 4.78 is 41.6. The van der Waals surface area contributed by atoms with Crippen LogP contribution in [0.25, 0.3) is 10.8 Å². The van der Waals surface area contributed by atoms with E-state index in [0.29, 0.717) is 11.3 Å². The molecule has 0 fully saturated rings. The predicted molar refractivity (Wildman–Crippen MR) is 117 cm³/mol. The van der Waals surface area contributed by atoms with E-state index >= 15 is 0 Å². The first-order valence-electron chi connectivity index (χ1n) is 10.3. The van der Waals surface area contributed by atoms with Crippen LogP contribution in [0.15, 0.2) is 35.1 Å². The van der Waals surface area contributed by atoms with Crippen LogP contribution in [-0.2, 0) is 6.54 Å². The number of nitrogens with one attached hydrogen (secondary N) is 2. The molecule has 1 aromatic heterocycles. The first kappa shape index (κ1) is 23.3. The number of aromatic amines is 1. The van der Waals surface area contributed by atoms with Crippen LogP contribution in [0.5, 0.6) is 0 Å². The molecule has 3 aromatic rings. The molecule has 2 aromatic carbocycles. The lowest BCUT2D eigenvalue weighted by Crippen LogP contribution is -2.46. The molecule has 0 bridgehead atoms. The fourth-order valence-corrected chi connectivity index (χ4v) is 4.19. The summed E-state index contributed by atoms with van der Waals surface area (Å²) in [5.41, 5.74) is 0.231. The second kappa shape index (κ2) is 9.17. The van der Waals surface area contributed by atoms with Crippen LogP contribution in [0.1, 0.15) is 22.9 Å². The maximum Gasteiger partial charge on any atom is 0.322 e. The third-order valence-corrected chi connectivity index (χ3v) is 5.87. The zero-order chi connectivity index (χ0) is 24.6. The molecule has 0 radical (unpaired) electrons. The number of aromatic nitrogens is 1. The van der Waals surface area contributed by atoms with E-state index in [0.717, 1.165) is 18.2 Å². The number of benzene rings is 2. The number of aliphatic hydroxyl groups excluding tert-OH is 1. The average molecular weight is 471 g/mol. The Morgan fingerprint density at radius 2 is 1.94 bits per heavy atom. The number of pyridine rings is 1. The van der Waals surface area contributed by atoms with Crippen LogP contribution < -0.4 is 10.9 Å². The van der Waals surface area contributed by atoms with Crippen molar-refractivity contribution < 1.29 is 23.1 Å². The lowest BCUT2D eigenvalue weighted by Gasteiger charge is -2.39. The molecule has 1 aliphatic heterocycles. The van der Waals surface area contributed by atoms with Crippen LogP contribution in [0.2, 0.25) is 0 Å². The number of anilines is 1. The number of nitrogens with zero attached hydrogens (tertiary/aromatic N) is 3. The van der Waals surface area contributed by atoms with Gasteiger partial charge in [0.05, 0.1) is 23.6 Å². The van der Waals surface area contributed by atoms with Gasteiger partial charge in [-0.25, -0.2) is 18.0 Å². The quantitative estimate of drug-likeness (QED) is 0.542. The van der Waals surface area contributed by atoms with Crippen molar-refractivity contribution in [1.29, 1.82) is 5.26 Å². The zero-order valence-corrected chi connectivity index (χ0v) is 18.0. The Kier molecular flexibility index (Phi) is 6.28. The Balaban J connectivity index is 1.77. The highest BCUT2D eigenvalue weighted by Gasteiger charge is 2.33. The number of H-pyrrole nitrogens is 1. The zero-order valence-electron chi connectivity index (χ0n) is 18.0. The van der Waals surface area contributed by atoms with Gasteiger partial charge in [-0.3, -0.25) is 9.69 Å². The van der Waals surface area contributed by atoms with Gasteiger partial charge in [0.2, 0.25) is 0 Å². The van der Waals surface area contributed by atoms with Gasteiger partial charge in [0.25, 0.3) is 5.56 Å². The maximum absolute atomic E-state index is 14.1. The van der Waals surface area contributed by atoms with Crippen molar-refractivity contribution in [2.45, 2.75) is 12.6 Å². The van der Waals surface area contributed by atoms with Crippen LogP contribution in [0, 0.1) is 28.8 Å². The number of hydrogen-bond acceptors (Lipinski definition) is 5. The van der Waals surface area contributed by atoms with Crippen LogP contribution in [0.3, 0.4) is 0 Å². The molecule has 3 N–H and O–H groups in total. The molecule has 0 saturated carbocycles. The number of urea groups is 1. The Bertz CT molecular complexity index is 1380. The summed E-state index contributed by atoms with van der Waals surface area (Å²) in [4.78, 5) is 31.4. The minimum absolute atomic E-state index is 0.0516. The second-order valence-corrected chi connectivity index (χ2v) is 7.98. The minimum Gasteiger partial charge on any atom is -0.395 e. The molecule has 176 valence electrons. The highest BCUT2D eigenvalue weighted by atomic mass is 19.2. The summed E-state index contributed by atoms with van der Waals surface area (Å²) in [6, 6.07) is 5.70. The Labute approximate surface area is 191 Å². The summed E-state index contributed by atoms with van der Waals surface area (Å²) in [7, 11) is 1.48. The number of rotatable bonds is 4. The second-order valence-electron chi connectivity index (χ2n) is 7.98. The summed E-state index contributed by atoms with van der Waals surface area (Å²) in [6.45, 7) is 0.564. The molecule has 0 spiro atoms. The predicted octanol–water partition coefficient (Wildman–Crippen LogP) is 2.83. The van der Waals surface area contributed by atoms with Crippen LogP contribution >= 0.6 is 0 Å². The SMILES string of the molecule is CN(C(=O)Nc1ccc(F)c(C#N)c1)C1CN(CCO)Cc2[nH]c(=O)c3cc(F)c(F)cc3c21. The van der Waals surface area contributed by atoms with E-state index in [-0.39, 0.29) is 48.3 Å². The molecule has 4 rings (SSSR count). The van der Waals surface area contributed by atoms with Gasteiger partial charge in [0.1, 0.15) is 11.9 Å². The molecule has 1 unspecified atom stereocenters. The number of fused-ring (bicyclic) bond motifs is 3. The number of aliphatic hydroxyl groups is 1. The van der Waals surface area contributed by atoms with Gasteiger partial charge in [-0.1, -0.05) is 0 Å². The molecule has 1 aliphatic rings. The standard InChI is InChI=1S/C23H20F3N5O3/c1-30(23(34)28-13-2-3-16(24)12(6-13)9-27)20-11-31(4-5-32)10-19-21(20)14-7-17(25)18(26)8-15(14)22(33)29-19/h2-3,6-8,20,32H,4-5,10-11H2,1H3,(H,28,34)(H,29,33). The number of likely N-dealkylation sites (N-methyl/N-ethyl adjacent to an activating group) is 1. The number of nitriles is 1. The van der Waals surface area contributed by atoms with Crippen molar-refractivity contribution >= 4 is 22.5 Å². The normalized spacial score (nSPS) is 15.6. The van der Waals surface area contributed by atoms with Gasteiger partial charge in [-0.2, -0.15) is 5.26 Å². The van der Waals surface area contributed by atoms with E-state index in [1.807, 2.05) is 4.90 Å². The topological polar surface area (TPSA) is 112 Å². The van der Waals surface area contributed by atoms with Crippen molar-refractivity contribution in [3.8, 4) is 6.07 Å². The largest absolute Gasteiger partial charge is 0.395 e. The van der Waals surface area contributed by atoms with Crippen molar-refractivity contribution in [2.24, 2.45) is 0 Å². The third-order valence-electron chi connectivity index (χ3n) is 5.87. The van der Waals surface area contributed by atoms with E-state index in [1.165, 1.54) is 24.1 Å². The van der Waals surface area contributed by atoms with Gasteiger partial charge >= 0.3 is 6.03 Å². The van der Waals surface area contributed by atoms with E-state index in [2.05, 4.69) is 10.3 Å².